The minimum atomic E-state index is -0.985. The topological polar surface area (TPSA) is 143 Å². The van der Waals surface area contributed by atoms with E-state index in [1.54, 1.807) is 24.3 Å². The van der Waals surface area contributed by atoms with E-state index in [9.17, 15) is 19.5 Å². The highest BCUT2D eigenvalue weighted by Gasteiger charge is 2.30. The van der Waals surface area contributed by atoms with Crippen molar-refractivity contribution in [2.24, 2.45) is 17.8 Å². The Morgan fingerprint density at radius 1 is 0.804 bits per heavy atom. The Labute approximate surface area is 331 Å². The fourth-order valence-electron chi connectivity index (χ4n) is 7.50. The maximum atomic E-state index is 12.6. The molecule has 4 unspecified atom stereocenters. The molecule has 0 bridgehead atoms. The number of hydrogen-bond donors (Lipinski definition) is 1. The van der Waals surface area contributed by atoms with Gasteiger partial charge in [0.2, 0.25) is 0 Å². The summed E-state index contributed by atoms with van der Waals surface area (Å²) in [6, 6.07) is 12.3. The number of hydrogen-bond acceptors (Lipinski definition) is 11. The largest absolute Gasteiger partial charge is 0.478 e. The number of esters is 2. The van der Waals surface area contributed by atoms with Gasteiger partial charge in [0, 0.05) is 37.9 Å². The summed E-state index contributed by atoms with van der Waals surface area (Å²) in [5.74, 6) is -1.15. The van der Waals surface area contributed by atoms with Crippen molar-refractivity contribution in [1.82, 2.24) is 9.88 Å². The van der Waals surface area contributed by atoms with Crippen molar-refractivity contribution in [2.75, 3.05) is 80.2 Å². The van der Waals surface area contributed by atoms with Gasteiger partial charge >= 0.3 is 17.9 Å². The molecule has 4 rings (SSSR count). The second-order valence-electron chi connectivity index (χ2n) is 14.0. The first kappa shape index (κ1) is 44.5. The molecule has 12 heteroatoms. The van der Waals surface area contributed by atoms with E-state index in [0.717, 1.165) is 55.4 Å². The average molecular weight is 777 g/mol. The van der Waals surface area contributed by atoms with E-state index in [1.807, 2.05) is 36.4 Å². The number of carboxylic acids is 1. The Bertz CT molecular complexity index is 1620. The number of aromatic carboxylic acids is 1. The summed E-state index contributed by atoms with van der Waals surface area (Å²) in [5.41, 5.74) is 3.90. The van der Waals surface area contributed by atoms with Crippen molar-refractivity contribution in [3.05, 3.63) is 100 Å². The molecule has 1 fully saturated rings. The van der Waals surface area contributed by atoms with Crippen LogP contribution < -0.4 is 0 Å². The lowest BCUT2D eigenvalue weighted by Crippen LogP contribution is -2.37. The van der Waals surface area contributed by atoms with Gasteiger partial charge in [-0.1, -0.05) is 56.7 Å². The molecule has 0 spiro atoms. The van der Waals surface area contributed by atoms with Crippen molar-refractivity contribution in [2.45, 2.75) is 58.4 Å². The van der Waals surface area contributed by atoms with Crippen LogP contribution in [0.3, 0.4) is 0 Å². The SMILES string of the molecule is CCC1C=C(C(=O)OC)C=CC=C1C(c1ccc(C(=O)O)cc1)N1CCOCCOCCCC(Cc2cccc(C(=O)OC)n2)C(CC)CCOCCOCC1. The van der Waals surface area contributed by atoms with Gasteiger partial charge in [-0.3, -0.25) is 4.90 Å². The predicted molar refractivity (Wildman–Crippen MR) is 212 cm³/mol. The number of allylic oxidation sites excluding steroid dienone is 3. The van der Waals surface area contributed by atoms with Gasteiger partial charge in [0.15, 0.2) is 0 Å². The van der Waals surface area contributed by atoms with Crippen LogP contribution in [0.5, 0.6) is 0 Å². The summed E-state index contributed by atoms with van der Waals surface area (Å²) < 4.78 is 34.3. The van der Waals surface area contributed by atoms with Crippen LogP contribution in [0.25, 0.3) is 0 Å². The molecule has 306 valence electrons. The lowest BCUT2D eigenvalue weighted by molar-refractivity contribution is -0.135. The van der Waals surface area contributed by atoms with Gasteiger partial charge in [0.1, 0.15) is 5.69 Å². The first-order valence-corrected chi connectivity index (χ1v) is 19.9. The first-order chi connectivity index (χ1) is 27.3. The highest BCUT2D eigenvalue weighted by molar-refractivity contribution is 5.92. The lowest BCUT2D eigenvalue weighted by atomic mass is 9.81. The van der Waals surface area contributed by atoms with Crippen molar-refractivity contribution >= 4 is 17.9 Å². The molecule has 4 atom stereocenters. The molecule has 0 radical (unpaired) electrons. The van der Waals surface area contributed by atoms with E-state index in [4.69, 9.17) is 28.4 Å². The van der Waals surface area contributed by atoms with E-state index < -0.39 is 17.9 Å². The minimum absolute atomic E-state index is 0.0826. The molecule has 56 heavy (non-hydrogen) atoms. The van der Waals surface area contributed by atoms with Gasteiger partial charge < -0.3 is 33.5 Å². The Morgan fingerprint density at radius 2 is 1.46 bits per heavy atom. The molecule has 1 aromatic carbocycles. The van der Waals surface area contributed by atoms with Crippen LogP contribution >= 0.6 is 0 Å². The van der Waals surface area contributed by atoms with Crippen LogP contribution in [0, 0.1) is 17.8 Å². The van der Waals surface area contributed by atoms with Crippen LogP contribution in [0.15, 0.2) is 77.9 Å². The third-order valence-corrected chi connectivity index (χ3v) is 10.5. The Balaban J connectivity index is 1.48. The maximum Gasteiger partial charge on any atom is 0.356 e. The summed E-state index contributed by atoms with van der Waals surface area (Å²) in [4.78, 5) is 43.3. The van der Waals surface area contributed by atoms with E-state index >= 15 is 0 Å². The number of methoxy groups -OCH3 is 2. The Morgan fingerprint density at radius 3 is 2.09 bits per heavy atom. The Kier molecular flexibility index (Phi) is 19.4. The van der Waals surface area contributed by atoms with Crippen LogP contribution in [0.1, 0.15) is 84.1 Å². The molecule has 12 nitrogen and oxygen atoms in total. The Hall–Kier alpha value is -4.20. The van der Waals surface area contributed by atoms with Crippen LogP contribution in [0.4, 0.5) is 0 Å². The predicted octanol–water partition coefficient (Wildman–Crippen LogP) is 6.67. The summed E-state index contributed by atoms with van der Waals surface area (Å²) in [6.45, 7) is 9.37. The van der Waals surface area contributed by atoms with Gasteiger partial charge in [0.25, 0.3) is 0 Å². The third kappa shape index (κ3) is 13.8. The second-order valence-corrected chi connectivity index (χ2v) is 14.0. The summed E-state index contributed by atoms with van der Waals surface area (Å²) >= 11 is 0. The second kappa shape index (κ2) is 24.4. The number of benzene rings is 1. The molecule has 1 aliphatic heterocycles. The molecular weight excluding hydrogens is 716 g/mol. The van der Waals surface area contributed by atoms with Crippen LogP contribution in [0.2, 0.25) is 0 Å². The van der Waals surface area contributed by atoms with Gasteiger partial charge in [-0.25, -0.2) is 19.4 Å². The van der Waals surface area contributed by atoms with E-state index in [-0.39, 0.29) is 17.5 Å². The van der Waals surface area contributed by atoms with Gasteiger partial charge in [-0.2, -0.15) is 0 Å². The smallest absolute Gasteiger partial charge is 0.356 e. The molecule has 1 aliphatic carbocycles. The number of aromatic nitrogens is 1. The highest BCUT2D eigenvalue weighted by atomic mass is 16.5. The number of carboxylic acid groups (broad SMARTS) is 1. The molecule has 0 saturated carbocycles. The highest BCUT2D eigenvalue weighted by Crippen LogP contribution is 2.37. The zero-order valence-corrected chi connectivity index (χ0v) is 33.5. The van der Waals surface area contributed by atoms with E-state index in [2.05, 4.69) is 29.8 Å². The minimum Gasteiger partial charge on any atom is -0.478 e. The molecule has 2 heterocycles. The molecule has 1 N–H and O–H groups in total. The van der Waals surface area contributed by atoms with Crippen LogP contribution in [-0.4, -0.2) is 113 Å². The third-order valence-electron chi connectivity index (χ3n) is 10.5. The molecule has 0 amide bonds. The zero-order valence-electron chi connectivity index (χ0n) is 33.5. The van der Waals surface area contributed by atoms with E-state index in [0.29, 0.717) is 89.0 Å². The fraction of sp³-hybridized carbons (Fsp3) is 0.545. The number of ether oxygens (including phenoxy) is 6. The number of pyridine rings is 1. The summed E-state index contributed by atoms with van der Waals surface area (Å²) in [7, 11) is 2.74. The summed E-state index contributed by atoms with van der Waals surface area (Å²) in [6.07, 6.45) is 12.9. The standard InChI is InChI=1S/C44H60N2O10/c1-5-32-19-23-54-27-29-56-25-21-46(20-24-55-28-26-53-22-9-11-36(32)31-38-12-8-14-40(45-38)44(50)52-4)41(34-15-17-35(18-16-34)42(47)48)39-13-7-10-37(43(49)51-3)30-33(39)6-2/h7-8,10,12-18,30,32-33,36,41H,5-6,9,11,19-29,31H2,1-4H3,(H,47,48). The zero-order chi connectivity index (χ0) is 40.1. The number of carbonyl (C=O) groups is 3. The monoisotopic (exact) mass is 776 g/mol. The van der Waals surface area contributed by atoms with Gasteiger partial charge in [0.05, 0.1) is 71.0 Å². The van der Waals surface area contributed by atoms with Crippen molar-refractivity contribution < 1.29 is 47.9 Å². The molecule has 2 aliphatic rings. The molecule has 1 saturated heterocycles. The first-order valence-electron chi connectivity index (χ1n) is 19.9. The normalized spacial score (nSPS) is 22.1. The van der Waals surface area contributed by atoms with Crippen LogP contribution in [-0.2, 0) is 39.6 Å². The quantitative estimate of drug-likeness (QED) is 0.258. The molecule has 1 aromatic heterocycles. The maximum absolute atomic E-state index is 12.6. The van der Waals surface area contributed by atoms with Crippen molar-refractivity contribution in [3.8, 4) is 0 Å². The van der Waals surface area contributed by atoms with Gasteiger partial charge in [-0.05, 0) is 85.4 Å². The van der Waals surface area contributed by atoms with Crippen molar-refractivity contribution in [1.29, 1.82) is 0 Å². The van der Waals surface area contributed by atoms with Gasteiger partial charge in [-0.15, -0.1) is 0 Å². The molecular formula is C44H60N2O10. The average Bonchev–Trinajstić information content (AvgIpc) is 3.44. The van der Waals surface area contributed by atoms with E-state index in [1.165, 1.54) is 14.2 Å². The number of nitrogens with zero attached hydrogens (tertiary/aromatic N) is 2. The summed E-state index contributed by atoms with van der Waals surface area (Å²) in [5, 5.41) is 9.62. The number of rotatable bonds is 10. The fourth-order valence-corrected chi connectivity index (χ4v) is 7.50. The van der Waals surface area contributed by atoms with Crippen molar-refractivity contribution in [3.63, 3.8) is 0 Å². The lowest BCUT2D eigenvalue weighted by Gasteiger charge is -2.36. The molecule has 2 aromatic rings. The number of carbonyl (C=O) groups excluding carboxylic acids is 2.